The number of rotatable bonds is 4. The van der Waals surface area contributed by atoms with Gasteiger partial charge >= 0.3 is 0 Å². The van der Waals surface area contributed by atoms with Crippen LogP contribution in [-0.2, 0) is 10.3 Å². The average molecular weight is 346 g/mol. The molecule has 2 heterocycles. The normalized spacial score (nSPS) is 24.7. The number of piperidine rings is 1. The van der Waals surface area contributed by atoms with Gasteiger partial charge in [-0.1, -0.05) is 6.07 Å². The SMILES string of the molecule is O=C(NC1CC1c1c(F)cccc1F)C1(n2cccn2)CCNCC1. The molecule has 7 heteroatoms. The van der Waals surface area contributed by atoms with Gasteiger partial charge in [-0.25, -0.2) is 8.78 Å². The highest BCUT2D eigenvalue weighted by Crippen LogP contribution is 2.43. The molecule has 0 radical (unpaired) electrons. The number of amides is 1. The fourth-order valence-electron chi connectivity index (χ4n) is 3.76. The van der Waals surface area contributed by atoms with E-state index in [0.717, 1.165) is 13.1 Å². The Balaban J connectivity index is 1.52. The summed E-state index contributed by atoms with van der Waals surface area (Å²) in [5, 5.41) is 10.5. The van der Waals surface area contributed by atoms with Gasteiger partial charge in [0, 0.05) is 29.9 Å². The summed E-state index contributed by atoms with van der Waals surface area (Å²) in [4.78, 5) is 13.0. The Bertz CT molecular complexity index is 751. The van der Waals surface area contributed by atoms with Crippen LogP contribution >= 0.6 is 0 Å². The summed E-state index contributed by atoms with van der Waals surface area (Å²) < 4.78 is 29.6. The second-order valence-corrected chi connectivity index (χ2v) is 6.79. The molecule has 25 heavy (non-hydrogen) atoms. The Hall–Kier alpha value is -2.28. The Morgan fingerprint density at radius 1 is 1.24 bits per heavy atom. The Morgan fingerprint density at radius 2 is 1.96 bits per heavy atom. The van der Waals surface area contributed by atoms with Crippen LogP contribution in [0.25, 0.3) is 0 Å². The van der Waals surface area contributed by atoms with E-state index in [0.29, 0.717) is 19.3 Å². The van der Waals surface area contributed by atoms with Crippen molar-refractivity contribution in [3.63, 3.8) is 0 Å². The zero-order valence-corrected chi connectivity index (χ0v) is 13.7. The first-order valence-corrected chi connectivity index (χ1v) is 8.57. The molecule has 1 aliphatic heterocycles. The molecular weight excluding hydrogens is 326 g/mol. The van der Waals surface area contributed by atoms with E-state index >= 15 is 0 Å². The van der Waals surface area contributed by atoms with Gasteiger partial charge in [0.25, 0.3) is 0 Å². The maximum atomic E-state index is 13.9. The second-order valence-electron chi connectivity index (χ2n) is 6.79. The molecule has 0 bridgehead atoms. The molecule has 2 N–H and O–H groups in total. The van der Waals surface area contributed by atoms with Crippen molar-refractivity contribution in [1.82, 2.24) is 20.4 Å². The fourth-order valence-corrected chi connectivity index (χ4v) is 3.76. The Kier molecular flexibility index (Phi) is 4.03. The first kappa shape index (κ1) is 16.2. The molecule has 0 spiro atoms. The van der Waals surface area contributed by atoms with Crippen LogP contribution in [0.15, 0.2) is 36.7 Å². The lowest BCUT2D eigenvalue weighted by molar-refractivity contribution is -0.132. The molecule has 1 saturated heterocycles. The summed E-state index contributed by atoms with van der Waals surface area (Å²) in [6.45, 7) is 1.45. The van der Waals surface area contributed by atoms with Gasteiger partial charge in [0.1, 0.15) is 17.2 Å². The number of carbonyl (C=O) groups is 1. The van der Waals surface area contributed by atoms with Gasteiger partial charge in [-0.3, -0.25) is 9.48 Å². The van der Waals surface area contributed by atoms with E-state index in [9.17, 15) is 13.6 Å². The molecule has 2 aliphatic rings. The highest BCUT2D eigenvalue weighted by atomic mass is 19.1. The first-order chi connectivity index (χ1) is 12.1. The monoisotopic (exact) mass is 346 g/mol. The van der Waals surface area contributed by atoms with Gasteiger partial charge in [-0.15, -0.1) is 0 Å². The summed E-state index contributed by atoms with van der Waals surface area (Å²) in [6, 6.07) is 5.43. The van der Waals surface area contributed by atoms with Crippen molar-refractivity contribution < 1.29 is 13.6 Å². The molecule has 2 fully saturated rings. The minimum Gasteiger partial charge on any atom is -0.351 e. The van der Waals surface area contributed by atoms with Crippen molar-refractivity contribution in [2.45, 2.75) is 36.8 Å². The van der Waals surface area contributed by atoms with Gasteiger partial charge in [0.2, 0.25) is 5.91 Å². The third-order valence-electron chi connectivity index (χ3n) is 5.27. The average Bonchev–Trinajstić information content (AvgIpc) is 3.12. The minimum absolute atomic E-state index is 0.0752. The van der Waals surface area contributed by atoms with E-state index in [2.05, 4.69) is 15.7 Å². The Labute approximate surface area is 144 Å². The number of halogens is 2. The van der Waals surface area contributed by atoms with Crippen molar-refractivity contribution in [2.24, 2.45) is 0 Å². The van der Waals surface area contributed by atoms with Crippen LogP contribution < -0.4 is 10.6 Å². The van der Waals surface area contributed by atoms with Crippen LogP contribution in [0.2, 0.25) is 0 Å². The van der Waals surface area contributed by atoms with Crippen molar-refractivity contribution in [3.8, 4) is 0 Å². The quantitative estimate of drug-likeness (QED) is 0.889. The summed E-state index contributed by atoms with van der Waals surface area (Å²) >= 11 is 0. The molecule has 1 aromatic heterocycles. The zero-order valence-electron chi connectivity index (χ0n) is 13.7. The van der Waals surface area contributed by atoms with E-state index in [4.69, 9.17) is 0 Å². The van der Waals surface area contributed by atoms with Crippen LogP contribution in [0.4, 0.5) is 8.78 Å². The topological polar surface area (TPSA) is 59.0 Å². The maximum absolute atomic E-state index is 13.9. The fraction of sp³-hybridized carbons (Fsp3) is 0.444. The van der Waals surface area contributed by atoms with Crippen molar-refractivity contribution in [1.29, 1.82) is 0 Å². The van der Waals surface area contributed by atoms with E-state index in [-0.39, 0.29) is 23.4 Å². The molecule has 1 amide bonds. The number of carbonyl (C=O) groups excluding carboxylic acids is 1. The summed E-state index contributed by atoms with van der Waals surface area (Å²) in [7, 11) is 0. The number of nitrogens with zero attached hydrogens (tertiary/aromatic N) is 2. The molecule has 132 valence electrons. The Morgan fingerprint density at radius 3 is 2.60 bits per heavy atom. The number of hydrogen-bond donors (Lipinski definition) is 2. The summed E-state index contributed by atoms with van der Waals surface area (Å²) in [5.41, 5.74) is -0.665. The molecular formula is C18H20F2N4O. The zero-order chi connectivity index (χ0) is 17.4. The molecule has 1 saturated carbocycles. The van der Waals surface area contributed by atoms with Gasteiger partial charge in [0.15, 0.2) is 0 Å². The highest BCUT2D eigenvalue weighted by Gasteiger charge is 2.48. The van der Waals surface area contributed by atoms with Crippen molar-refractivity contribution >= 4 is 5.91 Å². The van der Waals surface area contributed by atoms with Crippen molar-refractivity contribution in [3.05, 3.63) is 53.9 Å². The molecule has 2 unspecified atom stereocenters. The predicted molar refractivity (Wildman–Crippen MR) is 88.0 cm³/mol. The minimum atomic E-state index is -0.740. The smallest absolute Gasteiger partial charge is 0.248 e. The molecule has 2 atom stereocenters. The van der Waals surface area contributed by atoms with E-state index < -0.39 is 17.2 Å². The molecule has 1 aromatic carbocycles. The molecule has 1 aliphatic carbocycles. The number of aromatic nitrogens is 2. The standard InChI is InChI=1S/C18H20F2N4O/c19-13-3-1-4-14(20)16(13)12-11-15(12)23-17(25)18(5-8-21-9-6-18)24-10-2-7-22-24/h1-4,7,10,12,15,21H,5-6,8-9,11H2,(H,23,25). The van der Waals surface area contributed by atoms with Gasteiger partial charge in [0.05, 0.1) is 0 Å². The van der Waals surface area contributed by atoms with E-state index in [1.165, 1.54) is 18.2 Å². The number of hydrogen-bond acceptors (Lipinski definition) is 3. The summed E-state index contributed by atoms with van der Waals surface area (Å²) in [6.07, 6.45) is 5.27. The van der Waals surface area contributed by atoms with Crippen molar-refractivity contribution in [2.75, 3.05) is 13.1 Å². The third kappa shape index (κ3) is 2.82. The second kappa shape index (κ2) is 6.22. The lowest BCUT2D eigenvalue weighted by Crippen LogP contribution is -2.55. The largest absolute Gasteiger partial charge is 0.351 e. The van der Waals surface area contributed by atoms with E-state index in [1.807, 2.05) is 0 Å². The summed E-state index contributed by atoms with van der Waals surface area (Å²) in [5.74, 6) is -1.53. The van der Waals surface area contributed by atoms with Gasteiger partial charge in [-0.05, 0) is 50.6 Å². The van der Waals surface area contributed by atoms with Crippen LogP contribution in [0.3, 0.4) is 0 Å². The predicted octanol–water partition coefficient (Wildman–Crippen LogP) is 1.91. The van der Waals surface area contributed by atoms with E-state index in [1.54, 1.807) is 23.1 Å². The molecule has 2 aromatic rings. The lowest BCUT2D eigenvalue weighted by Gasteiger charge is -2.36. The highest BCUT2D eigenvalue weighted by molar-refractivity contribution is 5.85. The van der Waals surface area contributed by atoms with Gasteiger partial charge < -0.3 is 10.6 Å². The maximum Gasteiger partial charge on any atom is 0.248 e. The first-order valence-electron chi connectivity index (χ1n) is 8.57. The molecule has 5 nitrogen and oxygen atoms in total. The van der Waals surface area contributed by atoms with Crippen LogP contribution in [-0.4, -0.2) is 34.8 Å². The number of benzene rings is 1. The number of nitrogens with one attached hydrogen (secondary N) is 2. The van der Waals surface area contributed by atoms with Crippen LogP contribution in [0.5, 0.6) is 0 Å². The third-order valence-corrected chi connectivity index (χ3v) is 5.27. The molecule has 4 rings (SSSR count). The van der Waals surface area contributed by atoms with Crippen LogP contribution in [0.1, 0.15) is 30.7 Å². The lowest BCUT2D eigenvalue weighted by atomic mass is 9.87. The van der Waals surface area contributed by atoms with Gasteiger partial charge in [-0.2, -0.15) is 5.10 Å². The van der Waals surface area contributed by atoms with Crippen LogP contribution in [0, 0.1) is 11.6 Å².